The fraction of sp³-hybridized carbons (Fsp3) is 0.364. The SMILES string of the molecule is Nc1nc2c(F)cc(-c3nc4cc(OCC5CC5)cc5c4n3CCCCO5)cc2s1. The predicted octanol–water partition coefficient (Wildman–Crippen LogP) is 5.00. The average Bonchev–Trinajstić information content (AvgIpc) is 3.35. The number of nitrogens with zero attached hydrogens (tertiary/aromatic N) is 3. The Labute approximate surface area is 176 Å². The van der Waals surface area contributed by atoms with Gasteiger partial charge in [-0.2, -0.15) is 0 Å². The van der Waals surface area contributed by atoms with E-state index in [0.29, 0.717) is 28.7 Å². The van der Waals surface area contributed by atoms with Gasteiger partial charge in [-0.15, -0.1) is 0 Å². The molecule has 8 heteroatoms. The number of thiazole rings is 1. The minimum Gasteiger partial charge on any atom is -0.493 e. The Morgan fingerprint density at radius 1 is 1.20 bits per heavy atom. The molecule has 0 amide bonds. The maximum atomic E-state index is 14.7. The van der Waals surface area contributed by atoms with Crippen LogP contribution in [0.1, 0.15) is 25.7 Å². The van der Waals surface area contributed by atoms with Crippen molar-refractivity contribution in [3.05, 3.63) is 30.1 Å². The standard InChI is InChI=1S/C22H21FN4O2S/c23-15-7-13(8-18-19(15)26-22(24)30-18)21-25-16-9-14(29-11-12-3-4-12)10-17-20(16)27(21)5-1-2-6-28-17/h7-10,12H,1-6,11H2,(H2,24,26). The smallest absolute Gasteiger partial charge is 0.181 e. The molecule has 2 N–H and O–H groups in total. The van der Waals surface area contributed by atoms with Crippen LogP contribution in [0.2, 0.25) is 0 Å². The summed E-state index contributed by atoms with van der Waals surface area (Å²) >= 11 is 1.28. The molecule has 154 valence electrons. The van der Waals surface area contributed by atoms with E-state index in [4.69, 9.17) is 20.2 Å². The number of fused-ring (bicyclic) bond motifs is 1. The van der Waals surface area contributed by atoms with E-state index in [1.165, 1.54) is 30.2 Å². The van der Waals surface area contributed by atoms with Crippen LogP contribution < -0.4 is 15.2 Å². The van der Waals surface area contributed by atoms with Crippen molar-refractivity contribution in [1.29, 1.82) is 0 Å². The van der Waals surface area contributed by atoms with E-state index < -0.39 is 0 Å². The predicted molar refractivity (Wildman–Crippen MR) is 116 cm³/mol. The van der Waals surface area contributed by atoms with Gasteiger partial charge < -0.3 is 19.8 Å². The van der Waals surface area contributed by atoms with Gasteiger partial charge in [-0.3, -0.25) is 0 Å². The van der Waals surface area contributed by atoms with Crippen LogP contribution in [-0.4, -0.2) is 27.7 Å². The molecule has 2 aromatic carbocycles. The number of hydrogen-bond donors (Lipinski definition) is 1. The number of imidazole rings is 1. The van der Waals surface area contributed by atoms with E-state index in [9.17, 15) is 4.39 Å². The molecule has 4 aromatic rings. The summed E-state index contributed by atoms with van der Waals surface area (Å²) < 4.78 is 29.7. The number of nitrogen functional groups attached to an aromatic ring is 1. The summed E-state index contributed by atoms with van der Waals surface area (Å²) in [5, 5.41) is 0.358. The molecule has 0 spiro atoms. The molecule has 6 nitrogen and oxygen atoms in total. The van der Waals surface area contributed by atoms with Crippen LogP contribution in [0.15, 0.2) is 24.3 Å². The summed E-state index contributed by atoms with van der Waals surface area (Å²) in [6.45, 7) is 2.20. The van der Waals surface area contributed by atoms with Crippen molar-refractivity contribution >= 4 is 37.7 Å². The molecule has 0 atom stereocenters. The molecule has 2 aliphatic rings. The molecule has 0 bridgehead atoms. The summed E-state index contributed by atoms with van der Waals surface area (Å²) in [6, 6.07) is 7.34. The lowest BCUT2D eigenvalue weighted by molar-refractivity contribution is 0.285. The van der Waals surface area contributed by atoms with E-state index in [-0.39, 0.29) is 5.82 Å². The maximum absolute atomic E-state index is 14.7. The lowest BCUT2D eigenvalue weighted by Crippen LogP contribution is -2.09. The molecule has 0 saturated heterocycles. The highest BCUT2D eigenvalue weighted by Gasteiger charge is 2.24. The molecule has 30 heavy (non-hydrogen) atoms. The number of aromatic nitrogens is 3. The van der Waals surface area contributed by atoms with Crippen LogP contribution in [0.25, 0.3) is 32.6 Å². The Morgan fingerprint density at radius 3 is 2.97 bits per heavy atom. The minimum absolute atomic E-state index is 0.310. The van der Waals surface area contributed by atoms with Gasteiger partial charge in [0.2, 0.25) is 0 Å². The summed E-state index contributed by atoms with van der Waals surface area (Å²) in [5.41, 5.74) is 8.56. The molecule has 1 aliphatic carbocycles. The Bertz CT molecular complexity index is 1280. The molecule has 3 heterocycles. The molecule has 1 aliphatic heterocycles. The molecular weight excluding hydrogens is 403 g/mol. The Hall–Kier alpha value is -2.87. The van der Waals surface area contributed by atoms with Crippen molar-refractivity contribution in [2.24, 2.45) is 5.92 Å². The summed E-state index contributed by atoms with van der Waals surface area (Å²) in [4.78, 5) is 8.98. The summed E-state index contributed by atoms with van der Waals surface area (Å²) in [6.07, 6.45) is 4.39. The van der Waals surface area contributed by atoms with Gasteiger partial charge in [-0.05, 0) is 43.7 Å². The minimum atomic E-state index is -0.383. The van der Waals surface area contributed by atoms with E-state index in [0.717, 1.165) is 59.1 Å². The number of halogens is 1. The van der Waals surface area contributed by atoms with Crippen LogP contribution in [0.4, 0.5) is 9.52 Å². The first-order valence-electron chi connectivity index (χ1n) is 10.3. The lowest BCUT2D eigenvalue weighted by atomic mass is 10.2. The number of benzene rings is 2. The quantitative estimate of drug-likeness (QED) is 0.499. The second-order valence-electron chi connectivity index (χ2n) is 8.04. The lowest BCUT2D eigenvalue weighted by Gasteiger charge is -2.17. The number of ether oxygens (including phenoxy) is 2. The zero-order chi connectivity index (χ0) is 20.2. The monoisotopic (exact) mass is 424 g/mol. The van der Waals surface area contributed by atoms with Crippen molar-refractivity contribution in [1.82, 2.24) is 14.5 Å². The zero-order valence-corrected chi connectivity index (χ0v) is 17.2. The first-order valence-corrected chi connectivity index (χ1v) is 11.1. The second-order valence-corrected chi connectivity index (χ2v) is 9.11. The number of anilines is 1. The highest BCUT2D eigenvalue weighted by atomic mass is 32.1. The topological polar surface area (TPSA) is 75.2 Å². The number of aryl methyl sites for hydroxylation is 1. The first kappa shape index (κ1) is 17.9. The molecule has 0 unspecified atom stereocenters. The molecular formula is C22H21FN4O2S. The van der Waals surface area contributed by atoms with Crippen LogP contribution in [0.3, 0.4) is 0 Å². The van der Waals surface area contributed by atoms with E-state index >= 15 is 0 Å². The van der Waals surface area contributed by atoms with Crippen molar-refractivity contribution in [2.75, 3.05) is 18.9 Å². The van der Waals surface area contributed by atoms with E-state index in [1.54, 1.807) is 0 Å². The summed E-state index contributed by atoms with van der Waals surface area (Å²) in [7, 11) is 0. The third kappa shape index (κ3) is 3.06. The van der Waals surface area contributed by atoms with E-state index in [2.05, 4.69) is 9.55 Å². The fourth-order valence-corrected chi connectivity index (χ4v) is 4.81. The Balaban J connectivity index is 1.52. The summed E-state index contributed by atoms with van der Waals surface area (Å²) in [5.74, 6) is 2.56. The van der Waals surface area contributed by atoms with Crippen molar-refractivity contribution in [3.63, 3.8) is 0 Å². The highest BCUT2D eigenvalue weighted by molar-refractivity contribution is 7.22. The molecule has 2 aromatic heterocycles. The maximum Gasteiger partial charge on any atom is 0.181 e. The van der Waals surface area contributed by atoms with Gasteiger partial charge in [-0.25, -0.2) is 14.4 Å². The van der Waals surface area contributed by atoms with Crippen LogP contribution >= 0.6 is 11.3 Å². The molecule has 1 saturated carbocycles. The Morgan fingerprint density at radius 2 is 2.10 bits per heavy atom. The van der Waals surface area contributed by atoms with Crippen molar-refractivity contribution in [2.45, 2.75) is 32.2 Å². The van der Waals surface area contributed by atoms with Gasteiger partial charge in [0.25, 0.3) is 0 Å². The normalized spacial score (nSPS) is 16.4. The van der Waals surface area contributed by atoms with Gasteiger partial charge in [-0.1, -0.05) is 11.3 Å². The number of hydrogen-bond acceptors (Lipinski definition) is 6. The van der Waals surface area contributed by atoms with Gasteiger partial charge in [0.05, 0.1) is 23.4 Å². The van der Waals surface area contributed by atoms with Crippen LogP contribution in [-0.2, 0) is 6.54 Å². The molecule has 1 fully saturated rings. The van der Waals surface area contributed by atoms with Gasteiger partial charge in [0.1, 0.15) is 28.4 Å². The zero-order valence-electron chi connectivity index (χ0n) is 16.4. The largest absolute Gasteiger partial charge is 0.493 e. The first-order chi connectivity index (χ1) is 14.7. The Kier molecular flexibility index (Phi) is 4.09. The molecule has 0 radical (unpaired) electrons. The van der Waals surface area contributed by atoms with Gasteiger partial charge >= 0.3 is 0 Å². The van der Waals surface area contributed by atoms with Crippen LogP contribution in [0, 0.1) is 11.7 Å². The van der Waals surface area contributed by atoms with Crippen LogP contribution in [0.5, 0.6) is 11.5 Å². The van der Waals surface area contributed by atoms with Crippen molar-refractivity contribution in [3.8, 4) is 22.9 Å². The third-order valence-electron chi connectivity index (χ3n) is 5.72. The number of nitrogens with two attached hydrogens (primary N) is 1. The van der Waals surface area contributed by atoms with Gasteiger partial charge in [0.15, 0.2) is 10.9 Å². The third-order valence-corrected chi connectivity index (χ3v) is 6.55. The van der Waals surface area contributed by atoms with Crippen molar-refractivity contribution < 1.29 is 13.9 Å². The fourth-order valence-electron chi connectivity index (χ4n) is 4.02. The number of rotatable bonds is 4. The van der Waals surface area contributed by atoms with Gasteiger partial charge in [0, 0.05) is 24.2 Å². The second kappa shape index (κ2) is 6.84. The highest BCUT2D eigenvalue weighted by Crippen LogP contribution is 2.39. The molecule has 6 rings (SSSR count). The average molecular weight is 425 g/mol. The van der Waals surface area contributed by atoms with E-state index in [1.807, 2.05) is 18.2 Å².